The maximum atomic E-state index is 12.4. The number of piperazine rings is 1. The quantitative estimate of drug-likeness (QED) is 0.688. The molecular weight excluding hydrogens is 404 g/mol. The molecule has 1 fully saturated rings. The summed E-state index contributed by atoms with van der Waals surface area (Å²) >= 11 is 7.58. The first kappa shape index (κ1) is 19.9. The van der Waals surface area contributed by atoms with E-state index in [1.54, 1.807) is 0 Å². The highest BCUT2D eigenvalue weighted by Gasteiger charge is 2.28. The van der Waals surface area contributed by atoms with Gasteiger partial charge in [-0.3, -0.25) is 4.79 Å². The summed E-state index contributed by atoms with van der Waals surface area (Å²) in [7, 11) is 4.02. The van der Waals surface area contributed by atoms with Gasteiger partial charge in [-0.05, 0) is 53.7 Å². The molecule has 2 heterocycles. The summed E-state index contributed by atoms with van der Waals surface area (Å²) in [5.74, 6) is -0.154. The standard InChI is InChI=1S/C22H23ClN4OS/c1-25(2)18-8-6-16(7-9-18)14-20-21(28)24-22(29-20)27-12-10-26(11-13-27)19-5-3-4-17(23)15-19/h3-9,14-15H,10-13H2,1-2H3/b20-14+. The molecule has 7 heteroatoms. The van der Waals surface area contributed by atoms with E-state index in [4.69, 9.17) is 11.6 Å². The van der Waals surface area contributed by atoms with Crippen molar-refractivity contribution in [2.24, 2.45) is 4.99 Å². The zero-order valence-electron chi connectivity index (χ0n) is 16.5. The molecule has 0 aliphatic carbocycles. The van der Waals surface area contributed by atoms with Gasteiger partial charge in [0.2, 0.25) is 0 Å². The minimum Gasteiger partial charge on any atom is -0.378 e. The minimum absolute atomic E-state index is 0.154. The molecular formula is C22H23ClN4OS. The first-order valence-electron chi connectivity index (χ1n) is 9.55. The highest BCUT2D eigenvalue weighted by molar-refractivity contribution is 8.18. The second kappa shape index (κ2) is 8.51. The molecule has 29 heavy (non-hydrogen) atoms. The van der Waals surface area contributed by atoms with Crippen LogP contribution in [0.25, 0.3) is 6.08 Å². The number of amides is 1. The largest absolute Gasteiger partial charge is 0.378 e. The zero-order valence-corrected chi connectivity index (χ0v) is 18.1. The average molecular weight is 427 g/mol. The number of anilines is 2. The third-order valence-corrected chi connectivity index (χ3v) is 6.32. The summed E-state index contributed by atoms with van der Waals surface area (Å²) in [6.45, 7) is 3.41. The summed E-state index contributed by atoms with van der Waals surface area (Å²) < 4.78 is 0. The normalized spacial score (nSPS) is 18.4. The van der Waals surface area contributed by atoms with Crippen molar-refractivity contribution in [1.82, 2.24) is 4.90 Å². The smallest absolute Gasteiger partial charge is 0.286 e. The third kappa shape index (κ3) is 4.60. The monoisotopic (exact) mass is 426 g/mol. The summed E-state index contributed by atoms with van der Waals surface area (Å²) in [6.07, 6.45) is 1.92. The Balaban J connectivity index is 1.39. The van der Waals surface area contributed by atoms with Crippen LogP contribution in [-0.2, 0) is 4.79 Å². The number of carbonyl (C=O) groups is 1. The first-order valence-corrected chi connectivity index (χ1v) is 10.7. The molecule has 4 rings (SSSR count). The average Bonchev–Trinajstić information content (AvgIpc) is 3.09. The van der Waals surface area contributed by atoms with Gasteiger partial charge in [-0.2, -0.15) is 4.99 Å². The van der Waals surface area contributed by atoms with Crippen LogP contribution >= 0.6 is 23.4 Å². The molecule has 0 unspecified atom stereocenters. The van der Waals surface area contributed by atoms with E-state index in [2.05, 4.69) is 25.8 Å². The Labute approximate surface area is 180 Å². The molecule has 150 valence electrons. The van der Waals surface area contributed by atoms with Crippen LogP contribution in [0.3, 0.4) is 0 Å². The van der Waals surface area contributed by atoms with E-state index in [0.717, 1.165) is 53.3 Å². The highest BCUT2D eigenvalue weighted by Crippen LogP contribution is 2.31. The van der Waals surface area contributed by atoms with Crippen LogP contribution in [0.15, 0.2) is 58.4 Å². The van der Waals surface area contributed by atoms with Crippen LogP contribution in [0.4, 0.5) is 11.4 Å². The molecule has 2 aromatic rings. The Morgan fingerprint density at radius 2 is 1.72 bits per heavy atom. The van der Waals surface area contributed by atoms with Gasteiger partial charge in [0.15, 0.2) is 5.17 Å². The molecule has 0 bridgehead atoms. The number of hydrogen-bond donors (Lipinski definition) is 0. The van der Waals surface area contributed by atoms with Crippen molar-refractivity contribution in [1.29, 1.82) is 0 Å². The maximum absolute atomic E-state index is 12.4. The fourth-order valence-electron chi connectivity index (χ4n) is 3.38. The van der Waals surface area contributed by atoms with Crippen molar-refractivity contribution < 1.29 is 4.79 Å². The number of rotatable bonds is 3. The lowest BCUT2D eigenvalue weighted by Gasteiger charge is -2.36. The summed E-state index contributed by atoms with van der Waals surface area (Å²) in [5, 5.41) is 1.55. The summed E-state index contributed by atoms with van der Waals surface area (Å²) in [5.41, 5.74) is 3.27. The van der Waals surface area contributed by atoms with E-state index < -0.39 is 0 Å². The number of amidine groups is 1. The Hall–Kier alpha value is -2.44. The van der Waals surface area contributed by atoms with Crippen LogP contribution in [0.2, 0.25) is 5.02 Å². The van der Waals surface area contributed by atoms with Crippen molar-refractivity contribution in [3.8, 4) is 0 Å². The Bertz CT molecular complexity index is 963. The van der Waals surface area contributed by atoms with E-state index in [9.17, 15) is 4.79 Å². The number of nitrogens with zero attached hydrogens (tertiary/aromatic N) is 4. The van der Waals surface area contributed by atoms with Gasteiger partial charge >= 0.3 is 0 Å². The molecule has 0 N–H and O–H groups in total. The van der Waals surface area contributed by atoms with E-state index in [1.807, 2.05) is 62.6 Å². The van der Waals surface area contributed by atoms with Gasteiger partial charge in [0.25, 0.3) is 5.91 Å². The van der Waals surface area contributed by atoms with Gasteiger partial charge in [-0.25, -0.2) is 0 Å². The summed E-state index contributed by atoms with van der Waals surface area (Å²) in [4.78, 5) is 23.9. The van der Waals surface area contributed by atoms with Crippen LogP contribution in [0.5, 0.6) is 0 Å². The number of hydrogen-bond acceptors (Lipinski definition) is 5. The predicted molar refractivity (Wildman–Crippen MR) is 124 cm³/mol. The molecule has 0 saturated carbocycles. The Kier molecular flexibility index (Phi) is 5.83. The topological polar surface area (TPSA) is 39.1 Å². The molecule has 1 saturated heterocycles. The molecule has 5 nitrogen and oxygen atoms in total. The van der Waals surface area contributed by atoms with Gasteiger partial charge in [-0.1, -0.05) is 29.8 Å². The molecule has 0 spiro atoms. The van der Waals surface area contributed by atoms with Gasteiger partial charge in [0.05, 0.1) is 4.91 Å². The highest BCUT2D eigenvalue weighted by atomic mass is 35.5. The van der Waals surface area contributed by atoms with Gasteiger partial charge in [0, 0.05) is 56.7 Å². The number of thioether (sulfide) groups is 1. The van der Waals surface area contributed by atoms with Crippen LogP contribution in [0.1, 0.15) is 5.56 Å². The van der Waals surface area contributed by atoms with Gasteiger partial charge in [-0.15, -0.1) is 0 Å². The van der Waals surface area contributed by atoms with Gasteiger partial charge < -0.3 is 14.7 Å². The maximum Gasteiger partial charge on any atom is 0.286 e. The molecule has 0 atom stereocenters. The number of aliphatic imine (C=N–C) groups is 1. The zero-order chi connectivity index (χ0) is 20.4. The van der Waals surface area contributed by atoms with Crippen LogP contribution in [0, 0.1) is 0 Å². The molecule has 2 aliphatic rings. The number of halogens is 1. The van der Waals surface area contributed by atoms with E-state index in [0.29, 0.717) is 4.91 Å². The second-order valence-electron chi connectivity index (χ2n) is 7.25. The molecule has 2 aliphatic heterocycles. The van der Waals surface area contributed by atoms with Crippen molar-refractivity contribution in [3.05, 3.63) is 64.0 Å². The van der Waals surface area contributed by atoms with E-state index in [1.165, 1.54) is 11.8 Å². The lowest BCUT2D eigenvalue weighted by atomic mass is 10.2. The fraction of sp³-hybridized carbons (Fsp3) is 0.273. The number of carbonyl (C=O) groups excluding carboxylic acids is 1. The molecule has 1 amide bonds. The number of benzene rings is 2. The lowest BCUT2D eigenvalue weighted by molar-refractivity contribution is -0.113. The molecule has 2 aromatic carbocycles. The van der Waals surface area contributed by atoms with Crippen molar-refractivity contribution in [2.75, 3.05) is 50.1 Å². The fourth-order valence-corrected chi connectivity index (χ4v) is 4.53. The van der Waals surface area contributed by atoms with Crippen LogP contribution in [-0.4, -0.2) is 56.2 Å². The SMILES string of the molecule is CN(C)c1ccc(/C=C2/SC(N3CCN(c4cccc(Cl)c4)CC3)=NC2=O)cc1. The van der Waals surface area contributed by atoms with Gasteiger partial charge in [0.1, 0.15) is 0 Å². The van der Waals surface area contributed by atoms with E-state index in [-0.39, 0.29) is 5.91 Å². The minimum atomic E-state index is -0.154. The van der Waals surface area contributed by atoms with Crippen molar-refractivity contribution >= 4 is 51.9 Å². The lowest BCUT2D eigenvalue weighted by Crippen LogP contribution is -2.47. The Morgan fingerprint density at radius 1 is 1.03 bits per heavy atom. The Morgan fingerprint density at radius 3 is 2.38 bits per heavy atom. The van der Waals surface area contributed by atoms with Crippen LogP contribution < -0.4 is 9.80 Å². The second-order valence-corrected chi connectivity index (χ2v) is 8.70. The summed E-state index contributed by atoms with van der Waals surface area (Å²) in [6, 6.07) is 16.1. The molecule has 0 aromatic heterocycles. The first-order chi connectivity index (χ1) is 14.0. The van der Waals surface area contributed by atoms with Crippen molar-refractivity contribution in [3.63, 3.8) is 0 Å². The predicted octanol–water partition coefficient (Wildman–Crippen LogP) is 4.20. The molecule has 0 radical (unpaired) electrons. The van der Waals surface area contributed by atoms with Crippen molar-refractivity contribution in [2.45, 2.75) is 0 Å². The van der Waals surface area contributed by atoms with E-state index >= 15 is 0 Å². The third-order valence-electron chi connectivity index (χ3n) is 5.04.